The first-order valence-corrected chi connectivity index (χ1v) is 6.08. The van der Waals surface area contributed by atoms with Gasteiger partial charge >= 0.3 is 0 Å². The molecule has 7 heteroatoms. The summed E-state index contributed by atoms with van der Waals surface area (Å²) in [6.07, 6.45) is 3.53. The molecule has 0 radical (unpaired) electrons. The molecule has 0 aliphatic rings. The summed E-state index contributed by atoms with van der Waals surface area (Å²) in [5.41, 5.74) is 6.50. The van der Waals surface area contributed by atoms with E-state index in [1.54, 1.807) is 12.3 Å². The molecule has 0 unspecified atom stereocenters. The number of nitrogens with one attached hydrogen (secondary N) is 2. The van der Waals surface area contributed by atoms with Gasteiger partial charge in [0.15, 0.2) is 11.6 Å². The minimum Gasteiger partial charge on any atom is -0.333 e. The maximum Gasteiger partial charge on any atom is 0.242 e. The van der Waals surface area contributed by atoms with Gasteiger partial charge in [-0.25, -0.2) is 4.98 Å². The maximum atomic E-state index is 11.8. The first kappa shape index (κ1) is 13.3. The van der Waals surface area contributed by atoms with Crippen LogP contribution in [-0.4, -0.2) is 31.7 Å². The van der Waals surface area contributed by atoms with E-state index in [4.69, 9.17) is 5.73 Å². The number of imidazole rings is 1. The second kappa shape index (κ2) is 5.23. The topological polar surface area (TPSA) is 102 Å². The highest BCUT2D eigenvalue weighted by atomic mass is 16.2. The van der Waals surface area contributed by atoms with E-state index in [9.17, 15) is 4.79 Å². The van der Waals surface area contributed by atoms with Crippen molar-refractivity contribution in [3.05, 3.63) is 18.5 Å². The Balaban J connectivity index is 2.10. The largest absolute Gasteiger partial charge is 0.333 e. The Kier molecular flexibility index (Phi) is 3.66. The van der Waals surface area contributed by atoms with Crippen LogP contribution in [0.15, 0.2) is 18.5 Å². The lowest BCUT2D eigenvalue weighted by Gasteiger charge is -2.13. The van der Waals surface area contributed by atoms with E-state index in [0.717, 1.165) is 11.5 Å². The molecule has 0 spiro atoms. The number of amides is 1. The Morgan fingerprint density at radius 1 is 1.53 bits per heavy atom. The summed E-state index contributed by atoms with van der Waals surface area (Å²) in [6.45, 7) is 3.79. The first-order valence-electron chi connectivity index (χ1n) is 6.08. The Bertz CT molecular complexity index is 570. The molecular formula is C12H18N6O. The Morgan fingerprint density at radius 3 is 2.84 bits per heavy atom. The monoisotopic (exact) mass is 262 g/mol. The van der Waals surface area contributed by atoms with Gasteiger partial charge in [0, 0.05) is 25.5 Å². The van der Waals surface area contributed by atoms with Gasteiger partial charge in [-0.05, 0) is 5.92 Å². The summed E-state index contributed by atoms with van der Waals surface area (Å²) in [7, 11) is 1.89. The molecule has 0 saturated heterocycles. The summed E-state index contributed by atoms with van der Waals surface area (Å²) in [5, 5.41) is 9.54. The molecule has 0 aromatic carbocycles. The molecule has 7 nitrogen and oxygen atoms in total. The number of nitrogens with two attached hydrogens (primary N) is 1. The number of nitrogens with zero attached hydrogens (tertiary/aromatic N) is 3. The van der Waals surface area contributed by atoms with Crippen molar-refractivity contribution in [1.29, 1.82) is 0 Å². The van der Waals surface area contributed by atoms with Gasteiger partial charge in [0.05, 0.1) is 6.04 Å². The number of H-pyrrole nitrogens is 1. The van der Waals surface area contributed by atoms with Crippen LogP contribution in [0.5, 0.6) is 0 Å². The Morgan fingerprint density at radius 2 is 2.26 bits per heavy atom. The fourth-order valence-corrected chi connectivity index (χ4v) is 1.64. The standard InChI is InChI=1S/C12H18N6O/c1-7(2)10(13)12(19)15-9-6-8(16-17-9)11-14-4-5-18(11)3/h4-7,10H,13H2,1-3H3,(H2,15,16,17,19)/t10-/m0/s1. The number of hydrogen-bond acceptors (Lipinski definition) is 4. The number of anilines is 1. The van der Waals surface area contributed by atoms with Crippen molar-refractivity contribution in [2.24, 2.45) is 18.7 Å². The summed E-state index contributed by atoms with van der Waals surface area (Å²) in [4.78, 5) is 16.0. The summed E-state index contributed by atoms with van der Waals surface area (Å²) in [6, 6.07) is 1.18. The van der Waals surface area contributed by atoms with Gasteiger partial charge in [-0.2, -0.15) is 5.10 Å². The van der Waals surface area contributed by atoms with E-state index in [0.29, 0.717) is 5.82 Å². The van der Waals surface area contributed by atoms with Crippen molar-refractivity contribution in [1.82, 2.24) is 19.7 Å². The molecule has 19 heavy (non-hydrogen) atoms. The molecule has 2 heterocycles. The van der Waals surface area contributed by atoms with Crippen LogP contribution < -0.4 is 11.1 Å². The van der Waals surface area contributed by atoms with E-state index in [2.05, 4.69) is 20.5 Å². The van der Waals surface area contributed by atoms with Crippen LogP contribution in [0, 0.1) is 5.92 Å². The number of aryl methyl sites for hydroxylation is 1. The second-order valence-corrected chi connectivity index (χ2v) is 4.79. The lowest BCUT2D eigenvalue weighted by atomic mass is 10.1. The van der Waals surface area contributed by atoms with Crippen molar-refractivity contribution >= 4 is 11.7 Å². The number of aromatic nitrogens is 4. The Labute approximate surface area is 111 Å². The highest BCUT2D eigenvalue weighted by molar-refractivity contribution is 5.94. The average molecular weight is 262 g/mol. The number of hydrogen-bond donors (Lipinski definition) is 3. The normalized spacial score (nSPS) is 12.7. The van der Waals surface area contributed by atoms with Crippen LogP contribution in [0.2, 0.25) is 0 Å². The second-order valence-electron chi connectivity index (χ2n) is 4.79. The quantitative estimate of drug-likeness (QED) is 0.756. The lowest BCUT2D eigenvalue weighted by Crippen LogP contribution is -2.39. The predicted molar refractivity (Wildman–Crippen MR) is 72.2 cm³/mol. The van der Waals surface area contributed by atoms with Crippen LogP contribution >= 0.6 is 0 Å². The zero-order chi connectivity index (χ0) is 14.0. The van der Waals surface area contributed by atoms with Gasteiger partial charge in [-0.1, -0.05) is 13.8 Å². The average Bonchev–Trinajstić information content (AvgIpc) is 2.96. The summed E-state index contributed by atoms with van der Waals surface area (Å²) < 4.78 is 1.86. The third-order valence-electron chi connectivity index (χ3n) is 2.91. The van der Waals surface area contributed by atoms with Crippen molar-refractivity contribution in [2.75, 3.05) is 5.32 Å². The van der Waals surface area contributed by atoms with Crippen LogP contribution in [0.4, 0.5) is 5.82 Å². The van der Waals surface area contributed by atoms with Gasteiger partial charge in [-0.3, -0.25) is 9.89 Å². The Hall–Kier alpha value is -2.15. The van der Waals surface area contributed by atoms with E-state index >= 15 is 0 Å². The molecule has 2 aromatic rings. The van der Waals surface area contributed by atoms with Crippen molar-refractivity contribution < 1.29 is 4.79 Å². The molecule has 4 N–H and O–H groups in total. The molecule has 102 valence electrons. The van der Waals surface area contributed by atoms with Crippen molar-refractivity contribution in [3.8, 4) is 11.5 Å². The molecule has 0 saturated carbocycles. The molecule has 1 amide bonds. The molecule has 2 aromatic heterocycles. The van der Waals surface area contributed by atoms with Gasteiger partial charge in [0.1, 0.15) is 5.69 Å². The third kappa shape index (κ3) is 2.82. The number of aromatic amines is 1. The van der Waals surface area contributed by atoms with Crippen LogP contribution in [0.3, 0.4) is 0 Å². The molecule has 2 rings (SSSR count). The highest BCUT2D eigenvalue weighted by Crippen LogP contribution is 2.17. The van der Waals surface area contributed by atoms with Crippen molar-refractivity contribution in [2.45, 2.75) is 19.9 Å². The molecule has 0 aliphatic heterocycles. The van der Waals surface area contributed by atoms with Gasteiger partial charge < -0.3 is 15.6 Å². The number of carbonyl (C=O) groups is 1. The van der Waals surface area contributed by atoms with E-state index in [-0.39, 0.29) is 11.8 Å². The minimum absolute atomic E-state index is 0.0768. The van der Waals surface area contributed by atoms with Crippen LogP contribution in [0.25, 0.3) is 11.5 Å². The van der Waals surface area contributed by atoms with Crippen LogP contribution in [-0.2, 0) is 11.8 Å². The summed E-state index contributed by atoms with van der Waals surface area (Å²) in [5.74, 6) is 1.03. The van der Waals surface area contributed by atoms with E-state index in [1.165, 1.54) is 0 Å². The zero-order valence-corrected chi connectivity index (χ0v) is 11.2. The summed E-state index contributed by atoms with van der Waals surface area (Å²) >= 11 is 0. The molecular weight excluding hydrogens is 244 g/mol. The molecule has 1 atom stereocenters. The molecule has 0 bridgehead atoms. The SMILES string of the molecule is CC(C)[C@H](N)C(=O)Nc1cc(-c2nccn2C)[nH]n1. The van der Waals surface area contributed by atoms with Gasteiger partial charge in [0.2, 0.25) is 5.91 Å². The maximum absolute atomic E-state index is 11.8. The number of rotatable bonds is 4. The van der Waals surface area contributed by atoms with Crippen molar-refractivity contribution in [3.63, 3.8) is 0 Å². The third-order valence-corrected chi connectivity index (χ3v) is 2.91. The first-order chi connectivity index (χ1) is 8.99. The lowest BCUT2D eigenvalue weighted by molar-refractivity contribution is -0.118. The van der Waals surface area contributed by atoms with E-state index in [1.807, 2.05) is 31.7 Å². The van der Waals surface area contributed by atoms with Gasteiger partial charge in [-0.15, -0.1) is 0 Å². The number of carbonyl (C=O) groups excluding carboxylic acids is 1. The van der Waals surface area contributed by atoms with Crippen LogP contribution in [0.1, 0.15) is 13.8 Å². The minimum atomic E-state index is -0.548. The van der Waals surface area contributed by atoms with Gasteiger partial charge in [0.25, 0.3) is 0 Å². The fourth-order valence-electron chi connectivity index (χ4n) is 1.64. The smallest absolute Gasteiger partial charge is 0.242 e. The highest BCUT2D eigenvalue weighted by Gasteiger charge is 2.18. The predicted octanol–water partition coefficient (Wildman–Crippen LogP) is 0.732. The van der Waals surface area contributed by atoms with E-state index < -0.39 is 6.04 Å². The molecule has 0 fully saturated rings. The fraction of sp³-hybridized carbons (Fsp3) is 0.417. The zero-order valence-electron chi connectivity index (χ0n) is 11.2. The molecule has 0 aliphatic carbocycles.